The zero-order valence-electron chi connectivity index (χ0n) is 13.5. The van der Waals surface area contributed by atoms with Crippen LogP contribution in [0.1, 0.15) is 36.1 Å². The van der Waals surface area contributed by atoms with Crippen LogP contribution in [-0.4, -0.2) is 6.03 Å². The van der Waals surface area contributed by atoms with E-state index in [1.807, 2.05) is 32.0 Å². The third-order valence-corrected chi connectivity index (χ3v) is 5.31. The Hall–Kier alpha value is -1.52. The van der Waals surface area contributed by atoms with Crippen LogP contribution in [0, 0.1) is 13.8 Å². The maximum Gasteiger partial charge on any atom is 0.323 e. The Morgan fingerprint density at radius 3 is 2.36 bits per heavy atom. The van der Waals surface area contributed by atoms with Crippen molar-refractivity contribution in [1.29, 1.82) is 0 Å². The molecule has 0 fully saturated rings. The summed E-state index contributed by atoms with van der Waals surface area (Å²) in [6.45, 7) is 10.4. The average Bonchev–Trinajstić information content (AvgIpc) is 2.76. The van der Waals surface area contributed by atoms with Crippen molar-refractivity contribution < 1.29 is 4.79 Å². The number of benzene rings is 1. The van der Waals surface area contributed by atoms with E-state index >= 15 is 0 Å². The molecule has 1 aromatic heterocycles. The Morgan fingerprint density at radius 1 is 1.14 bits per heavy atom. The number of nitrogens with one attached hydrogen (secondary N) is 2. The van der Waals surface area contributed by atoms with Gasteiger partial charge in [0.2, 0.25) is 0 Å². The van der Waals surface area contributed by atoms with Gasteiger partial charge in [0.25, 0.3) is 0 Å². The zero-order valence-corrected chi connectivity index (χ0v) is 15.1. The SMILES string of the molecule is Cc1sc(C(C)(C)C)cc1NC(=O)Nc1cccc(Cl)c1C. The Balaban J connectivity index is 2.13. The highest BCUT2D eigenvalue weighted by molar-refractivity contribution is 7.12. The van der Waals surface area contributed by atoms with Gasteiger partial charge in [-0.2, -0.15) is 0 Å². The Kier molecular flexibility index (Phi) is 4.83. The van der Waals surface area contributed by atoms with Crippen molar-refractivity contribution in [1.82, 2.24) is 0 Å². The van der Waals surface area contributed by atoms with Crippen LogP contribution >= 0.6 is 22.9 Å². The molecule has 0 bridgehead atoms. The lowest BCUT2D eigenvalue weighted by Crippen LogP contribution is -2.20. The molecule has 0 saturated heterocycles. The minimum absolute atomic E-state index is 0.0787. The molecule has 2 amide bonds. The molecule has 1 aromatic carbocycles. The molecule has 2 rings (SSSR count). The van der Waals surface area contributed by atoms with Crippen LogP contribution in [0.4, 0.5) is 16.2 Å². The summed E-state index contributed by atoms with van der Waals surface area (Å²) in [5.41, 5.74) is 2.51. The van der Waals surface area contributed by atoms with Crippen LogP contribution in [0.3, 0.4) is 0 Å². The van der Waals surface area contributed by atoms with E-state index in [4.69, 9.17) is 11.6 Å². The lowest BCUT2D eigenvalue weighted by molar-refractivity contribution is 0.262. The predicted molar refractivity (Wildman–Crippen MR) is 96.6 cm³/mol. The predicted octanol–water partition coefficient (Wildman–Crippen LogP) is 5.96. The summed E-state index contributed by atoms with van der Waals surface area (Å²) in [7, 11) is 0. The first-order valence-electron chi connectivity index (χ1n) is 7.12. The first kappa shape index (κ1) is 16.8. The van der Waals surface area contributed by atoms with E-state index in [9.17, 15) is 4.79 Å². The van der Waals surface area contributed by atoms with Crippen LogP contribution in [-0.2, 0) is 5.41 Å². The van der Waals surface area contributed by atoms with Crippen molar-refractivity contribution in [2.45, 2.75) is 40.0 Å². The van der Waals surface area contributed by atoms with Gasteiger partial charge in [-0.3, -0.25) is 0 Å². The fourth-order valence-corrected chi connectivity index (χ4v) is 3.20. The molecule has 2 aromatic rings. The lowest BCUT2D eigenvalue weighted by Gasteiger charge is -2.15. The molecule has 0 aliphatic heterocycles. The zero-order chi connectivity index (χ0) is 16.5. The van der Waals surface area contributed by atoms with Crippen LogP contribution in [0.25, 0.3) is 0 Å². The van der Waals surface area contributed by atoms with Gasteiger partial charge in [0, 0.05) is 20.5 Å². The number of carbonyl (C=O) groups excluding carboxylic acids is 1. The highest BCUT2D eigenvalue weighted by Crippen LogP contribution is 2.35. The van der Waals surface area contributed by atoms with Crippen molar-refractivity contribution in [3.8, 4) is 0 Å². The molecule has 0 spiro atoms. The maximum atomic E-state index is 12.2. The number of hydrogen-bond acceptors (Lipinski definition) is 2. The lowest BCUT2D eigenvalue weighted by atomic mass is 9.95. The van der Waals surface area contributed by atoms with E-state index in [1.165, 1.54) is 4.88 Å². The quantitative estimate of drug-likeness (QED) is 0.698. The summed E-state index contributed by atoms with van der Waals surface area (Å²) in [6.07, 6.45) is 0. The van der Waals surface area contributed by atoms with Crippen molar-refractivity contribution in [2.24, 2.45) is 0 Å². The van der Waals surface area contributed by atoms with Gasteiger partial charge in [-0.1, -0.05) is 38.4 Å². The number of halogens is 1. The minimum atomic E-state index is -0.258. The largest absolute Gasteiger partial charge is 0.323 e. The minimum Gasteiger partial charge on any atom is -0.307 e. The normalized spacial score (nSPS) is 11.4. The van der Waals surface area contributed by atoms with E-state index in [0.717, 1.165) is 16.1 Å². The van der Waals surface area contributed by atoms with Crippen LogP contribution < -0.4 is 10.6 Å². The first-order chi connectivity index (χ1) is 10.2. The highest BCUT2D eigenvalue weighted by atomic mass is 35.5. The molecule has 1 heterocycles. The fraction of sp³-hybridized carbons (Fsp3) is 0.353. The molecule has 0 atom stereocenters. The van der Waals surface area contributed by atoms with Crippen LogP contribution in [0.2, 0.25) is 5.02 Å². The smallest absolute Gasteiger partial charge is 0.307 e. The number of rotatable bonds is 2. The molecule has 0 radical (unpaired) electrons. The number of hydrogen-bond donors (Lipinski definition) is 2. The van der Waals surface area contributed by atoms with Crippen molar-refractivity contribution in [3.63, 3.8) is 0 Å². The Labute approximate surface area is 140 Å². The van der Waals surface area contributed by atoms with Gasteiger partial charge in [-0.05, 0) is 43.0 Å². The Morgan fingerprint density at radius 2 is 1.77 bits per heavy atom. The summed E-state index contributed by atoms with van der Waals surface area (Å²) >= 11 is 7.78. The van der Waals surface area contributed by atoms with Crippen molar-refractivity contribution >= 4 is 40.3 Å². The third-order valence-electron chi connectivity index (χ3n) is 3.42. The average molecular weight is 337 g/mol. The van der Waals surface area contributed by atoms with Gasteiger partial charge in [0.1, 0.15) is 0 Å². The molecule has 3 nitrogen and oxygen atoms in total. The molecule has 0 unspecified atom stereocenters. The van der Waals surface area contributed by atoms with E-state index in [-0.39, 0.29) is 11.4 Å². The second-order valence-electron chi connectivity index (χ2n) is 6.32. The second kappa shape index (κ2) is 6.31. The molecule has 22 heavy (non-hydrogen) atoms. The fourth-order valence-electron chi connectivity index (χ4n) is 1.99. The van der Waals surface area contributed by atoms with E-state index < -0.39 is 0 Å². The molecule has 2 N–H and O–H groups in total. The Bertz CT molecular complexity index is 701. The molecule has 0 aliphatic rings. The van der Waals surface area contributed by atoms with Crippen molar-refractivity contribution in [3.05, 3.63) is 44.6 Å². The molecule has 5 heteroatoms. The van der Waals surface area contributed by atoms with E-state index in [1.54, 1.807) is 17.4 Å². The number of thiophene rings is 1. The van der Waals surface area contributed by atoms with Gasteiger partial charge in [0.05, 0.1) is 5.69 Å². The maximum absolute atomic E-state index is 12.2. The van der Waals surface area contributed by atoms with Crippen molar-refractivity contribution in [2.75, 3.05) is 10.6 Å². The van der Waals surface area contributed by atoms with Gasteiger partial charge < -0.3 is 10.6 Å². The van der Waals surface area contributed by atoms with Gasteiger partial charge >= 0.3 is 6.03 Å². The van der Waals surface area contributed by atoms with Crippen LogP contribution in [0.5, 0.6) is 0 Å². The highest BCUT2D eigenvalue weighted by Gasteiger charge is 2.19. The van der Waals surface area contributed by atoms with Crippen LogP contribution in [0.15, 0.2) is 24.3 Å². The third kappa shape index (κ3) is 3.81. The summed E-state index contributed by atoms with van der Waals surface area (Å²) in [5.74, 6) is 0. The van der Waals surface area contributed by atoms with Gasteiger partial charge in [-0.15, -0.1) is 11.3 Å². The first-order valence-corrected chi connectivity index (χ1v) is 8.32. The topological polar surface area (TPSA) is 41.1 Å². The molecular weight excluding hydrogens is 316 g/mol. The number of amides is 2. The number of anilines is 2. The van der Waals surface area contributed by atoms with Gasteiger partial charge in [0.15, 0.2) is 0 Å². The summed E-state index contributed by atoms with van der Waals surface area (Å²) in [5, 5.41) is 6.40. The summed E-state index contributed by atoms with van der Waals surface area (Å²) in [6, 6.07) is 7.25. The van der Waals surface area contributed by atoms with Gasteiger partial charge in [-0.25, -0.2) is 4.79 Å². The van der Waals surface area contributed by atoms with E-state index in [2.05, 4.69) is 31.4 Å². The number of urea groups is 1. The molecular formula is C17H21ClN2OS. The summed E-state index contributed by atoms with van der Waals surface area (Å²) in [4.78, 5) is 14.5. The summed E-state index contributed by atoms with van der Waals surface area (Å²) < 4.78 is 0. The number of carbonyl (C=O) groups is 1. The monoisotopic (exact) mass is 336 g/mol. The molecule has 0 saturated carbocycles. The molecule has 0 aliphatic carbocycles. The second-order valence-corrected chi connectivity index (χ2v) is 7.99. The molecule has 118 valence electrons. The van der Waals surface area contributed by atoms with E-state index in [0.29, 0.717) is 10.7 Å². The number of aryl methyl sites for hydroxylation is 1. The standard InChI is InChI=1S/C17H21ClN2OS/c1-10-12(18)7-6-8-13(10)19-16(21)20-14-9-15(17(3,4)5)22-11(14)2/h6-9H,1-5H3,(H2,19,20,21).